The van der Waals surface area contributed by atoms with E-state index in [4.69, 9.17) is 17.3 Å². The zero-order valence-electron chi connectivity index (χ0n) is 7.94. The lowest BCUT2D eigenvalue weighted by Crippen LogP contribution is -1.94. The van der Waals surface area contributed by atoms with Gasteiger partial charge >= 0.3 is 0 Å². The van der Waals surface area contributed by atoms with Gasteiger partial charge in [-0.1, -0.05) is 35.9 Å². The first-order valence-electron chi connectivity index (χ1n) is 4.34. The minimum absolute atomic E-state index is 0. The molecule has 1 heterocycles. The van der Waals surface area contributed by atoms with Gasteiger partial charge in [0.2, 0.25) is 0 Å². The summed E-state index contributed by atoms with van der Waals surface area (Å²) in [6.07, 6.45) is 0. The Morgan fingerprint density at radius 3 is 2.20 bits per heavy atom. The number of thiophene rings is 1. The fourth-order valence-corrected chi connectivity index (χ4v) is 2.32. The van der Waals surface area contributed by atoms with Gasteiger partial charge in [-0.25, -0.2) is 0 Å². The maximum atomic E-state index is 5.87. The molecule has 0 saturated heterocycles. The van der Waals surface area contributed by atoms with Gasteiger partial charge in [-0.3, -0.25) is 0 Å². The van der Waals surface area contributed by atoms with E-state index in [1.54, 1.807) is 11.3 Å². The zero-order valence-corrected chi connectivity index (χ0v) is 10.3. The first-order chi connectivity index (χ1) is 6.79. The van der Waals surface area contributed by atoms with Crippen molar-refractivity contribution in [3.05, 3.63) is 46.3 Å². The molecule has 0 aliphatic heterocycles. The Kier molecular flexibility index (Phi) is 4.61. The Morgan fingerprint density at radius 1 is 1.07 bits per heavy atom. The largest absolute Gasteiger partial charge is 0.326 e. The van der Waals surface area contributed by atoms with Crippen LogP contribution in [0.4, 0.5) is 0 Å². The molecule has 0 fully saturated rings. The fraction of sp³-hybridized carbons (Fsp3) is 0.0909. The molecule has 0 amide bonds. The summed E-state index contributed by atoms with van der Waals surface area (Å²) in [5, 5.41) is 0. The van der Waals surface area contributed by atoms with Gasteiger partial charge in [-0.15, -0.1) is 23.7 Å². The van der Waals surface area contributed by atoms with Gasteiger partial charge in [-0.05, 0) is 23.3 Å². The van der Waals surface area contributed by atoms with Gasteiger partial charge < -0.3 is 5.73 Å². The van der Waals surface area contributed by atoms with E-state index < -0.39 is 0 Å². The van der Waals surface area contributed by atoms with Crippen LogP contribution < -0.4 is 5.73 Å². The summed E-state index contributed by atoms with van der Waals surface area (Å²) in [5.41, 5.74) is 7.87. The molecule has 0 aliphatic carbocycles. The van der Waals surface area contributed by atoms with E-state index in [0.717, 1.165) is 9.90 Å². The molecule has 0 radical (unpaired) electrons. The highest BCUT2D eigenvalue weighted by Gasteiger charge is 2.00. The van der Waals surface area contributed by atoms with Gasteiger partial charge in [-0.2, -0.15) is 0 Å². The van der Waals surface area contributed by atoms with Crippen LogP contribution in [0.1, 0.15) is 5.56 Å². The van der Waals surface area contributed by atoms with Crippen molar-refractivity contribution in [2.45, 2.75) is 6.54 Å². The van der Waals surface area contributed by atoms with Crippen LogP contribution in [0, 0.1) is 0 Å². The first kappa shape index (κ1) is 12.5. The van der Waals surface area contributed by atoms with Crippen molar-refractivity contribution in [2.75, 3.05) is 0 Å². The molecule has 0 bridgehead atoms. The summed E-state index contributed by atoms with van der Waals surface area (Å²) < 4.78 is 0.822. The second kappa shape index (κ2) is 5.52. The Bertz CT molecular complexity index is 422. The summed E-state index contributed by atoms with van der Waals surface area (Å²) in [5.74, 6) is 0. The Morgan fingerprint density at radius 2 is 1.73 bits per heavy atom. The van der Waals surface area contributed by atoms with E-state index in [0.29, 0.717) is 6.54 Å². The third-order valence-corrected chi connectivity index (χ3v) is 3.33. The van der Waals surface area contributed by atoms with Crippen LogP contribution >= 0.6 is 35.3 Å². The maximum absolute atomic E-state index is 5.87. The molecule has 0 spiro atoms. The molecule has 1 aromatic heterocycles. The average Bonchev–Trinajstić information content (AvgIpc) is 2.65. The highest BCUT2D eigenvalue weighted by molar-refractivity contribution is 7.19. The Balaban J connectivity index is 0.00000112. The normalized spacial score (nSPS) is 9.73. The highest BCUT2D eigenvalue weighted by Crippen LogP contribution is 2.30. The molecular weight excluding hydrogens is 249 g/mol. The smallest absolute Gasteiger partial charge is 0.0934 e. The van der Waals surface area contributed by atoms with E-state index in [-0.39, 0.29) is 12.4 Å². The number of halogens is 2. The number of rotatable bonds is 2. The maximum Gasteiger partial charge on any atom is 0.0934 e. The lowest BCUT2D eigenvalue weighted by molar-refractivity contribution is 1.07. The number of benzene rings is 1. The van der Waals surface area contributed by atoms with Gasteiger partial charge in [0.25, 0.3) is 0 Å². The van der Waals surface area contributed by atoms with Crippen LogP contribution in [0.5, 0.6) is 0 Å². The minimum atomic E-state index is 0. The highest BCUT2D eigenvalue weighted by atomic mass is 35.5. The quantitative estimate of drug-likeness (QED) is 0.869. The van der Waals surface area contributed by atoms with Crippen LogP contribution in [0.25, 0.3) is 10.4 Å². The molecule has 2 N–H and O–H groups in total. The van der Waals surface area contributed by atoms with Gasteiger partial charge in [0.05, 0.1) is 4.34 Å². The van der Waals surface area contributed by atoms with E-state index in [1.807, 2.05) is 24.3 Å². The van der Waals surface area contributed by atoms with Gasteiger partial charge in [0.15, 0.2) is 0 Å². The standard InChI is InChI=1S/C11H10ClNS.ClH/c12-11-6-5-10(14-11)9-3-1-8(7-13)2-4-9;/h1-6H,7,13H2;1H. The lowest BCUT2D eigenvalue weighted by Gasteiger charge is -1.99. The molecular formula is C11H11Cl2NS. The second-order valence-electron chi connectivity index (χ2n) is 3.00. The third-order valence-electron chi connectivity index (χ3n) is 2.05. The molecule has 1 aromatic carbocycles. The summed E-state index contributed by atoms with van der Waals surface area (Å²) >= 11 is 7.46. The molecule has 80 valence electrons. The van der Waals surface area contributed by atoms with Crippen molar-refractivity contribution in [1.82, 2.24) is 0 Å². The van der Waals surface area contributed by atoms with Crippen LogP contribution in [0.3, 0.4) is 0 Å². The van der Waals surface area contributed by atoms with Crippen molar-refractivity contribution in [1.29, 1.82) is 0 Å². The summed E-state index contributed by atoms with van der Waals surface area (Å²) in [4.78, 5) is 1.19. The molecule has 2 rings (SSSR count). The van der Waals surface area contributed by atoms with Gasteiger partial charge in [0.1, 0.15) is 0 Å². The van der Waals surface area contributed by atoms with Crippen LogP contribution in [-0.2, 0) is 6.54 Å². The molecule has 0 saturated carbocycles. The van der Waals surface area contributed by atoms with Crippen molar-refractivity contribution >= 4 is 35.3 Å². The number of hydrogen-bond donors (Lipinski definition) is 1. The molecule has 4 heteroatoms. The van der Waals surface area contributed by atoms with Gasteiger partial charge in [0, 0.05) is 11.4 Å². The summed E-state index contributed by atoms with van der Waals surface area (Å²) in [7, 11) is 0. The molecule has 0 atom stereocenters. The van der Waals surface area contributed by atoms with Crippen molar-refractivity contribution in [3.8, 4) is 10.4 Å². The van der Waals surface area contributed by atoms with E-state index in [9.17, 15) is 0 Å². The van der Waals surface area contributed by atoms with Crippen molar-refractivity contribution in [3.63, 3.8) is 0 Å². The van der Waals surface area contributed by atoms with Crippen LogP contribution in [0.2, 0.25) is 4.34 Å². The monoisotopic (exact) mass is 259 g/mol. The fourth-order valence-electron chi connectivity index (χ4n) is 1.27. The number of hydrogen-bond acceptors (Lipinski definition) is 2. The summed E-state index contributed by atoms with van der Waals surface area (Å²) in [6.45, 7) is 0.589. The third kappa shape index (κ3) is 2.95. The molecule has 1 nitrogen and oxygen atoms in total. The molecule has 2 aromatic rings. The average molecular weight is 260 g/mol. The van der Waals surface area contributed by atoms with Crippen molar-refractivity contribution < 1.29 is 0 Å². The predicted octanol–water partition coefficient (Wildman–Crippen LogP) is 3.95. The van der Waals surface area contributed by atoms with E-state index in [1.165, 1.54) is 10.4 Å². The lowest BCUT2D eigenvalue weighted by atomic mass is 10.1. The Labute approximate surface area is 104 Å². The van der Waals surface area contributed by atoms with E-state index >= 15 is 0 Å². The predicted molar refractivity (Wildman–Crippen MR) is 69.9 cm³/mol. The summed E-state index contributed by atoms with van der Waals surface area (Å²) in [6, 6.07) is 12.2. The molecule has 15 heavy (non-hydrogen) atoms. The topological polar surface area (TPSA) is 26.0 Å². The minimum Gasteiger partial charge on any atom is -0.326 e. The van der Waals surface area contributed by atoms with Crippen molar-refractivity contribution in [2.24, 2.45) is 5.73 Å². The zero-order chi connectivity index (χ0) is 9.97. The molecule has 0 aliphatic rings. The Hall–Kier alpha value is -0.540. The van der Waals surface area contributed by atoms with Crippen LogP contribution in [0.15, 0.2) is 36.4 Å². The number of nitrogens with two attached hydrogens (primary N) is 1. The molecule has 0 unspecified atom stereocenters. The SMILES string of the molecule is Cl.NCc1ccc(-c2ccc(Cl)s2)cc1. The van der Waals surface area contributed by atoms with Crippen LogP contribution in [-0.4, -0.2) is 0 Å². The second-order valence-corrected chi connectivity index (χ2v) is 4.72. The van der Waals surface area contributed by atoms with E-state index in [2.05, 4.69) is 12.1 Å². The first-order valence-corrected chi connectivity index (χ1v) is 5.54.